The molecule has 0 aromatic rings. The molecule has 0 rings (SSSR count). The van der Waals surface area contributed by atoms with Gasteiger partial charge in [0, 0.05) is 0 Å². The predicted octanol–water partition coefficient (Wildman–Crippen LogP) is 1.67. The van der Waals surface area contributed by atoms with Gasteiger partial charge in [-0.3, -0.25) is 0 Å². The minimum Gasteiger partial charge on any atom is -0.405 e. The summed E-state index contributed by atoms with van der Waals surface area (Å²) in [5.74, 6) is 0.551. The predicted molar refractivity (Wildman–Crippen MR) is 37.3 cm³/mol. The minimum atomic E-state index is 0.551. The number of rotatable bonds is 3. The molecule has 0 saturated carbocycles. The Bertz CT molecular complexity index is 84.4. The van der Waals surface area contributed by atoms with Gasteiger partial charge >= 0.3 is 0 Å². The van der Waals surface area contributed by atoms with Crippen molar-refractivity contribution in [2.45, 2.75) is 13.3 Å². The van der Waals surface area contributed by atoms with Crippen LogP contribution in [0.1, 0.15) is 13.3 Å². The molecule has 0 bridgehead atoms. The monoisotopic (exact) mass is 111 g/mol. The van der Waals surface area contributed by atoms with Crippen molar-refractivity contribution in [3.8, 4) is 0 Å². The van der Waals surface area contributed by atoms with E-state index in [4.69, 9.17) is 5.73 Å². The first-order valence-corrected chi connectivity index (χ1v) is 2.80. The molecule has 1 unspecified atom stereocenters. The molecule has 0 aliphatic heterocycles. The highest BCUT2D eigenvalue weighted by molar-refractivity contribution is 4.84. The molecule has 1 heteroatoms. The van der Waals surface area contributed by atoms with Crippen LogP contribution in [0.25, 0.3) is 0 Å². The maximum Gasteiger partial charge on any atom is -0.0103 e. The maximum atomic E-state index is 5.12. The molecule has 2 N–H and O–H groups in total. The van der Waals surface area contributed by atoms with Crippen LogP contribution in [0.15, 0.2) is 24.9 Å². The zero-order valence-electron chi connectivity index (χ0n) is 5.30. The Hall–Kier alpha value is -0.720. The molecule has 0 spiro atoms. The highest BCUT2D eigenvalue weighted by Crippen LogP contribution is 2.01. The topological polar surface area (TPSA) is 26.0 Å². The second-order valence-corrected chi connectivity index (χ2v) is 1.88. The van der Waals surface area contributed by atoms with Crippen LogP contribution in [0.3, 0.4) is 0 Å². The summed E-state index contributed by atoms with van der Waals surface area (Å²) in [6, 6.07) is 0. The van der Waals surface area contributed by atoms with E-state index >= 15 is 0 Å². The van der Waals surface area contributed by atoms with Crippen molar-refractivity contribution in [2.24, 2.45) is 11.7 Å². The lowest BCUT2D eigenvalue weighted by atomic mass is 10.1. The number of hydrogen-bond donors (Lipinski definition) is 1. The SMILES string of the molecule is C=CC(C)C/C=C\N. The Morgan fingerprint density at radius 2 is 2.38 bits per heavy atom. The number of hydrogen-bond acceptors (Lipinski definition) is 1. The van der Waals surface area contributed by atoms with Crippen molar-refractivity contribution >= 4 is 0 Å². The molecule has 0 saturated heterocycles. The van der Waals surface area contributed by atoms with Gasteiger partial charge in [-0.05, 0) is 18.5 Å². The second-order valence-electron chi connectivity index (χ2n) is 1.88. The summed E-state index contributed by atoms with van der Waals surface area (Å²) in [6.07, 6.45) is 6.42. The van der Waals surface area contributed by atoms with Crippen LogP contribution in [0, 0.1) is 5.92 Å². The molecule has 0 radical (unpaired) electrons. The van der Waals surface area contributed by atoms with E-state index in [1.165, 1.54) is 0 Å². The fraction of sp³-hybridized carbons (Fsp3) is 0.429. The Morgan fingerprint density at radius 3 is 2.75 bits per heavy atom. The fourth-order valence-corrected chi connectivity index (χ4v) is 0.389. The van der Waals surface area contributed by atoms with Crippen LogP contribution >= 0.6 is 0 Å². The maximum absolute atomic E-state index is 5.12. The highest BCUT2D eigenvalue weighted by atomic mass is 14.5. The largest absolute Gasteiger partial charge is 0.405 e. The van der Waals surface area contributed by atoms with E-state index in [0.717, 1.165) is 6.42 Å². The van der Waals surface area contributed by atoms with E-state index in [-0.39, 0.29) is 0 Å². The lowest BCUT2D eigenvalue weighted by Gasteiger charge is -1.96. The second kappa shape index (κ2) is 4.44. The van der Waals surface area contributed by atoms with E-state index in [1.54, 1.807) is 6.20 Å². The standard InChI is InChI=1S/C7H13N/c1-3-7(2)5-4-6-8/h3-4,6-7H,1,5,8H2,2H3/b6-4-. The van der Waals surface area contributed by atoms with E-state index in [1.807, 2.05) is 12.2 Å². The molecule has 0 heterocycles. The third-order valence-electron chi connectivity index (χ3n) is 1.05. The Labute approximate surface area is 50.9 Å². The molecular weight excluding hydrogens is 98.1 g/mol. The van der Waals surface area contributed by atoms with Gasteiger partial charge in [0.25, 0.3) is 0 Å². The zero-order valence-corrected chi connectivity index (χ0v) is 5.30. The van der Waals surface area contributed by atoms with Gasteiger partial charge in [0.2, 0.25) is 0 Å². The Balaban J connectivity index is 3.23. The number of nitrogens with two attached hydrogens (primary N) is 1. The smallest absolute Gasteiger partial charge is 0.0103 e. The van der Waals surface area contributed by atoms with Crippen LogP contribution < -0.4 is 5.73 Å². The molecule has 0 aliphatic carbocycles. The Morgan fingerprint density at radius 1 is 1.75 bits per heavy atom. The molecule has 1 nitrogen and oxygen atoms in total. The summed E-state index contributed by atoms with van der Waals surface area (Å²) in [5, 5.41) is 0. The fourth-order valence-electron chi connectivity index (χ4n) is 0.389. The van der Waals surface area contributed by atoms with Gasteiger partial charge in [0.15, 0.2) is 0 Å². The van der Waals surface area contributed by atoms with Gasteiger partial charge in [0.05, 0.1) is 0 Å². The van der Waals surface area contributed by atoms with Crippen molar-refractivity contribution in [1.29, 1.82) is 0 Å². The van der Waals surface area contributed by atoms with Gasteiger partial charge in [-0.15, -0.1) is 6.58 Å². The summed E-state index contributed by atoms with van der Waals surface area (Å²) >= 11 is 0. The van der Waals surface area contributed by atoms with E-state index in [9.17, 15) is 0 Å². The lowest BCUT2D eigenvalue weighted by molar-refractivity contribution is 0.745. The van der Waals surface area contributed by atoms with Crippen molar-refractivity contribution in [3.63, 3.8) is 0 Å². The summed E-state index contributed by atoms with van der Waals surface area (Å²) in [6.45, 7) is 5.74. The third-order valence-corrected chi connectivity index (χ3v) is 1.05. The quantitative estimate of drug-likeness (QED) is 0.551. The molecule has 8 heavy (non-hydrogen) atoms. The van der Waals surface area contributed by atoms with Crippen LogP contribution in [0.5, 0.6) is 0 Å². The molecule has 0 fully saturated rings. The van der Waals surface area contributed by atoms with Gasteiger partial charge in [-0.2, -0.15) is 0 Å². The van der Waals surface area contributed by atoms with Crippen molar-refractivity contribution < 1.29 is 0 Å². The number of allylic oxidation sites excluding steroid dienone is 2. The van der Waals surface area contributed by atoms with Crippen molar-refractivity contribution in [3.05, 3.63) is 24.9 Å². The van der Waals surface area contributed by atoms with Crippen LogP contribution in [-0.4, -0.2) is 0 Å². The molecule has 0 amide bonds. The van der Waals surface area contributed by atoms with Crippen molar-refractivity contribution in [2.75, 3.05) is 0 Å². The van der Waals surface area contributed by atoms with E-state index < -0.39 is 0 Å². The summed E-state index contributed by atoms with van der Waals surface area (Å²) in [5.41, 5.74) is 5.12. The molecule has 0 aromatic heterocycles. The first-order valence-electron chi connectivity index (χ1n) is 2.80. The summed E-state index contributed by atoms with van der Waals surface area (Å²) < 4.78 is 0. The molecular formula is C7H13N. The average molecular weight is 111 g/mol. The molecule has 0 aliphatic rings. The van der Waals surface area contributed by atoms with Crippen LogP contribution in [-0.2, 0) is 0 Å². The first kappa shape index (κ1) is 7.28. The lowest BCUT2D eigenvalue weighted by Crippen LogP contribution is -1.85. The first-order chi connectivity index (χ1) is 3.81. The Kier molecular flexibility index (Phi) is 4.04. The minimum absolute atomic E-state index is 0.551. The molecule has 1 atom stereocenters. The van der Waals surface area contributed by atoms with Gasteiger partial charge in [-0.25, -0.2) is 0 Å². The molecule has 0 aromatic carbocycles. The van der Waals surface area contributed by atoms with Gasteiger partial charge in [-0.1, -0.05) is 19.1 Å². The van der Waals surface area contributed by atoms with Crippen molar-refractivity contribution in [1.82, 2.24) is 0 Å². The van der Waals surface area contributed by atoms with E-state index in [0.29, 0.717) is 5.92 Å². The van der Waals surface area contributed by atoms with Crippen LogP contribution in [0.2, 0.25) is 0 Å². The highest BCUT2D eigenvalue weighted by Gasteiger charge is 1.87. The third kappa shape index (κ3) is 3.47. The van der Waals surface area contributed by atoms with Crippen LogP contribution in [0.4, 0.5) is 0 Å². The molecule has 46 valence electrons. The van der Waals surface area contributed by atoms with Gasteiger partial charge < -0.3 is 5.73 Å². The summed E-state index contributed by atoms with van der Waals surface area (Å²) in [4.78, 5) is 0. The zero-order chi connectivity index (χ0) is 6.41. The normalized spacial score (nSPS) is 14.1. The average Bonchev–Trinajstić information content (AvgIpc) is 1.83. The summed E-state index contributed by atoms with van der Waals surface area (Å²) in [7, 11) is 0. The van der Waals surface area contributed by atoms with E-state index in [2.05, 4.69) is 13.5 Å². The van der Waals surface area contributed by atoms with Gasteiger partial charge in [0.1, 0.15) is 0 Å².